The predicted molar refractivity (Wildman–Crippen MR) is 82.9 cm³/mol. The highest BCUT2D eigenvalue weighted by Crippen LogP contribution is 2.30. The Hall–Kier alpha value is -2.35. The second-order valence-corrected chi connectivity index (χ2v) is 5.29. The van der Waals surface area contributed by atoms with Crippen LogP contribution in [0.15, 0.2) is 60.8 Å². The van der Waals surface area contributed by atoms with Crippen molar-refractivity contribution in [2.24, 2.45) is 0 Å². The summed E-state index contributed by atoms with van der Waals surface area (Å²) in [6.07, 6.45) is 3.01. The van der Waals surface area contributed by atoms with Gasteiger partial charge in [-0.05, 0) is 35.7 Å². The molecule has 2 nitrogen and oxygen atoms in total. The average Bonchev–Trinajstić information content (AvgIpc) is 2.91. The molecule has 2 aromatic carbocycles. The number of hydrogen-bond donors (Lipinski definition) is 0. The Morgan fingerprint density at radius 2 is 1.90 bits per heavy atom. The summed E-state index contributed by atoms with van der Waals surface area (Å²) in [7, 11) is 0. The van der Waals surface area contributed by atoms with Crippen molar-refractivity contribution >= 4 is 16.6 Å². The monoisotopic (exact) mass is 260 g/mol. The van der Waals surface area contributed by atoms with Crippen molar-refractivity contribution in [1.29, 1.82) is 0 Å². The second kappa shape index (κ2) is 4.64. The summed E-state index contributed by atoms with van der Waals surface area (Å²) in [6, 6.07) is 19.3. The molecule has 0 N–H and O–H groups in total. The molecule has 1 aromatic heterocycles. The van der Waals surface area contributed by atoms with E-state index < -0.39 is 0 Å². The summed E-state index contributed by atoms with van der Waals surface area (Å²) >= 11 is 0. The number of hydrogen-bond acceptors (Lipinski definition) is 2. The molecule has 98 valence electrons. The molecule has 0 aliphatic carbocycles. The van der Waals surface area contributed by atoms with E-state index >= 15 is 0 Å². The van der Waals surface area contributed by atoms with Crippen LogP contribution in [0.2, 0.25) is 0 Å². The molecule has 0 bridgehead atoms. The van der Waals surface area contributed by atoms with Crippen LogP contribution in [0.25, 0.3) is 10.9 Å². The third-order valence-electron chi connectivity index (χ3n) is 4.08. The van der Waals surface area contributed by atoms with E-state index in [4.69, 9.17) is 0 Å². The summed E-state index contributed by atoms with van der Waals surface area (Å²) in [4.78, 5) is 6.91. The highest BCUT2D eigenvalue weighted by Gasteiger charge is 2.18. The van der Waals surface area contributed by atoms with Crippen molar-refractivity contribution < 1.29 is 0 Å². The zero-order chi connectivity index (χ0) is 13.4. The van der Waals surface area contributed by atoms with Crippen LogP contribution in [-0.4, -0.2) is 11.5 Å². The van der Waals surface area contributed by atoms with Crippen molar-refractivity contribution in [1.82, 2.24) is 4.98 Å². The lowest BCUT2D eigenvalue weighted by Crippen LogP contribution is -2.19. The van der Waals surface area contributed by atoms with Crippen molar-refractivity contribution in [2.45, 2.75) is 13.0 Å². The first-order chi connectivity index (χ1) is 9.92. The van der Waals surface area contributed by atoms with E-state index in [1.165, 1.54) is 22.2 Å². The summed E-state index contributed by atoms with van der Waals surface area (Å²) < 4.78 is 0. The molecule has 0 saturated carbocycles. The molecule has 0 atom stereocenters. The quantitative estimate of drug-likeness (QED) is 0.696. The third-order valence-corrected chi connectivity index (χ3v) is 4.08. The topological polar surface area (TPSA) is 16.1 Å². The van der Waals surface area contributed by atoms with Crippen molar-refractivity contribution in [3.05, 3.63) is 71.9 Å². The predicted octanol–water partition coefficient (Wildman–Crippen LogP) is 3.80. The van der Waals surface area contributed by atoms with Gasteiger partial charge < -0.3 is 4.90 Å². The molecule has 0 saturated heterocycles. The van der Waals surface area contributed by atoms with Crippen LogP contribution in [0.3, 0.4) is 0 Å². The van der Waals surface area contributed by atoms with Gasteiger partial charge in [-0.3, -0.25) is 4.98 Å². The van der Waals surface area contributed by atoms with E-state index in [1.807, 2.05) is 12.3 Å². The van der Waals surface area contributed by atoms with Crippen LogP contribution in [0, 0.1) is 0 Å². The molecule has 3 aromatic rings. The molecular weight excluding hydrogens is 244 g/mol. The summed E-state index contributed by atoms with van der Waals surface area (Å²) in [6.45, 7) is 2.07. The van der Waals surface area contributed by atoms with Gasteiger partial charge in [-0.15, -0.1) is 0 Å². The number of para-hydroxylation sites is 1. The lowest BCUT2D eigenvalue weighted by molar-refractivity contribution is 0.840. The van der Waals surface area contributed by atoms with Gasteiger partial charge in [-0.25, -0.2) is 0 Å². The van der Waals surface area contributed by atoms with Gasteiger partial charge in [-0.1, -0.05) is 36.4 Å². The Morgan fingerprint density at radius 1 is 0.950 bits per heavy atom. The van der Waals surface area contributed by atoms with Gasteiger partial charge in [0.15, 0.2) is 0 Å². The molecule has 1 aliphatic heterocycles. The fourth-order valence-corrected chi connectivity index (χ4v) is 3.08. The van der Waals surface area contributed by atoms with Crippen LogP contribution in [0.4, 0.5) is 5.69 Å². The number of anilines is 1. The molecule has 2 heterocycles. The molecule has 2 heteroatoms. The average molecular weight is 260 g/mol. The number of nitrogens with zero attached hydrogens (tertiary/aromatic N) is 2. The number of benzene rings is 2. The molecule has 1 aliphatic rings. The number of fused-ring (bicyclic) bond motifs is 2. The fourth-order valence-electron chi connectivity index (χ4n) is 3.08. The van der Waals surface area contributed by atoms with Gasteiger partial charge in [0.25, 0.3) is 0 Å². The minimum Gasteiger partial charge on any atom is -0.367 e. The smallest absolute Gasteiger partial charge is 0.0705 e. The maximum absolute atomic E-state index is 4.44. The van der Waals surface area contributed by atoms with Gasteiger partial charge in [0, 0.05) is 30.4 Å². The van der Waals surface area contributed by atoms with Gasteiger partial charge >= 0.3 is 0 Å². The molecule has 0 amide bonds. The van der Waals surface area contributed by atoms with Crippen LogP contribution in [-0.2, 0) is 13.0 Å². The third kappa shape index (κ3) is 1.85. The van der Waals surface area contributed by atoms with Gasteiger partial charge in [0.1, 0.15) is 0 Å². The van der Waals surface area contributed by atoms with Crippen molar-refractivity contribution in [3.8, 4) is 0 Å². The molecule has 20 heavy (non-hydrogen) atoms. The summed E-state index contributed by atoms with van der Waals surface area (Å²) in [5.41, 5.74) is 5.28. The van der Waals surface area contributed by atoms with E-state index in [1.54, 1.807) is 0 Å². The van der Waals surface area contributed by atoms with E-state index in [0.29, 0.717) is 0 Å². The number of pyridine rings is 1. The molecule has 0 unspecified atom stereocenters. The lowest BCUT2D eigenvalue weighted by Gasteiger charge is -2.20. The first-order valence-corrected chi connectivity index (χ1v) is 7.07. The minimum absolute atomic E-state index is 0.958. The van der Waals surface area contributed by atoms with E-state index in [9.17, 15) is 0 Å². The van der Waals surface area contributed by atoms with Crippen LogP contribution >= 0.6 is 0 Å². The SMILES string of the molecule is c1ccc2c(c1)CCN2Cc1cccc2ncccc12. The van der Waals surface area contributed by atoms with Crippen LogP contribution < -0.4 is 4.90 Å². The zero-order valence-electron chi connectivity index (χ0n) is 11.3. The van der Waals surface area contributed by atoms with E-state index in [2.05, 4.69) is 58.4 Å². The molecular formula is C18H16N2. The van der Waals surface area contributed by atoms with E-state index in [0.717, 1.165) is 25.0 Å². The Balaban J connectivity index is 1.73. The first-order valence-electron chi connectivity index (χ1n) is 7.07. The van der Waals surface area contributed by atoms with E-state index in [-0.39, 0.29) is 0 Å². The molecule has 0 fully saturated rings. The van der Waals surface area contributed by atoms with Crippen molar-refractivity contribution in [2.75, 3.05) is 11.4 Å². The summed E-state index contributed by atoms with van der Waals surface area (Å²) in [5, 5.41) is 1.26. The van der Waals surface area contributed by atoms with Crippen LogP contribution in [0.5, 0.6) is 0 Å². The normalized spacial score (nSPS) is 13.7. The maximum atomic E-state index is 4.44. The van der Waals surface area contributed by atoms with Crippen LogP contribution in [0.1, 0.15) is 11.1 Å². The first kappa shape index (κ1) is 11.5. The number of rotatable bonds is 2. The summed E-state index contributed by atoms with van der Waals surface area (Å²) in [5.74, 6) is 0. The zero-order valence-corrected chi connectivity index (χ0v) is 11.3. The highest BCUT2D eigenvalue weighted by atomic mass is 15.1. The molecule has 0 spiro atoms. The van der Waals surface area contributed by atoms with Gasteiger partial charge in [-0.2, -0.15) is 0 Å². The lowest BCUT2D eigenvalue weighted by atomic mass is 10.1. The van der Waals surface area contributed by atoms with Gasteiger partial charge in [0.05, 0.1) is 5.52 Å². The maximum Gasteiger partial charge on any atom is 0.0705 e. The van der Waals surface area contributed by atoms with Crippen molar-refractivity contribution in [3.63, 3.8) is 0 Å². The highest BCUT2D eigenvalue weighted by molar-refractivity contribution is 5.82. The largest absolute Gasteiger partial charge is 0.367 e. The second-order valence-electron chi connectivity index (χ2n) is 5.29. The number of aromatic nitrogens is 1. The molecule has 0 radical (unpaired) electrons. The molecule has 4 rings (SSSR count). The Morgan fingerprint density at radius 3 is 2.90 bits per heavy atom. The Labute approximate surface area is 118 Å². The Kier molecular flexibility index (Phi) is 2.66. The fraction of sp³-hybridized carbons (Fsp3) is 0.167. The minimum atomic E-state index is 0.958. The van der Waals surface area contributed by atoms with Gasteiger partial charge in [0.2, 0.25) is 0 Å². The standard InChI is InChI=1S/C18H16N2/c1-2-9-18-14(5-1)10-12-20(18)13-15-6-3-8-17-16(15)7-4-11-19-17/h1-9,11H,10,12-13H2. The Bertz CT molecular complexity index is 759.